The number of aliphatic carboxylic acids is 1. The van der Waals surface area contributed by atoms with E-state index in [-0.39, 0.29) is 11.9 Å². The van der Waals surface area contributed by atoms with Crippen molar-refractivity contribution in [2.75, 3.05) is 12.4 Å². The van der Waals surface area contributed by atoms with E-state index in [1.165, 1.54) is 7.11 Å². The second-order valence-electron chi connectivity index (χ2n) is 4.68. The van der Waals surface area contributed by atoms with E-state index in [9.17, 15) is 9.59 Å². The van der Waals surface area contributed by atoms with E-state index < -0.39 is 18.0 Å². The van der Waals surface area contributed by atoms with Gasteiger partial charge >= 0.3 is 12.0 Å². The van der Waals surface area contributed by atoms with Crippen molar-refractivity contribution in [3.05, 3.63) is 11.8 Å². The zero-order valence-corrected chi connectivity index (χ0v) is 12.5. The molecule has 0 aliphatic rings. The molecule has 8 nitrogen and oxygen atoms in total. The fourth-order valence-electron chi connectivity index (χ4n) is 1.66. The molecule has 0 saturated heterocycles. The Morgan fingerprint density at radius 1 is 1.43 bits per heavy atom. The van der Waals surface area contributed by atoms with Crippen molar-refractivity contribution in [2.24, 2.45) is 5.92 Å². The first kappa shape index (κ1) is 16.7. The van der Waals surface area contributed by atoms with Crippen LogP contribution in [0.5, 0.6) is 5.88 Å². The van der Waals surface area contributed by atoms with Crippen LogP contribution in [-0.2, 0) is 4.79 Å². The summed E-state index contributed by atoms with van der Waals surface area (Å²) >= 11 is 0. The number of urea groups is 1. The standard InChI is InChI=1S/C13H20N4O4/c1-5-7(2)10(11(18)19)16-13(20)17-12-14-8(3)6-9(15-12)21-4/h6-7,10H,5H2,1-4H3,(H,18,19)(H2,14,15,16,17,20). The van der Waals surface area contributed by atoms with E-state index in [2.05, 4.69) is 20.6 Å². The van der Waals surface area contributed by atoms with Gasteiger partial charge in [0.1, 0.15) is 6.04 Å². The quantitative estimate of drug-likeness (QED) is 0.731. The lowest BCUT2D eigenvalue weighted by molar-refractivity contribution is -0.140. The maximum absolute atomic E-state index is 11.9. The minimum atomic E-state index is -1.08. The molecule has 3 N–H and O–H groups in total. The Balaban J connectivity index is 2.76. The second-order valence-corrected chi connectivity index (χ2v) is 4.68. The van der Waals surface area contributed by atoms with E-state index in [1.807, 2.05) is 6.92 Å². The Hall–Kier alpha value is -2.38. The summed E-state index contributed by atoms with van der Waals surface area (Å²) in [5.74, 6) is -0.907. The first-order valence-corrected chi connectivity index (χ1v) is 6.57. The fraction of sp³-hybridized carbons (Fsp3) is 0.538. The number of anilines is 1. The first-order valence-electron chi connectivity index (χ1n) is 6.57. The van der Waals surface area contributed by atoms with Gasteiger partial charge in [0, 0.05) is 11.8 Å². The monoisotopic (exact) mass is 296 g/mol. The van der Waals surface area contributed by atoms with Gasteiger partial charge < -0.3 is 15.2 Å². The molecule has 0 fully saturated rings. The summed E-state index contributed by atoms with van der Waals surface area (Å²) in [6, 6.07) is -0.0282. The zero-order valence-electron chi connectivity index (χ0n) is 12.5. The molecule has 0 bridgehead atoms. The zero-order chi connectivity index (χ0) is 16.0. The summed E-state index contributed by atoms with van der Waals surface area (Å²) in [5.41, 5.74) is 0.619. The van der Waals surface area contributed by atoms with Gasteiger partial charge in [0.25, 0.3) is 0 Å². The van der Waals surface area contributed by atoms with Gasteiger partial charge in [0.05, 0.1) is 7.11 Å². The molecule has 1 aromatic rings. The van der Waals surface area contributed by atoms with Crippen LogP contribution in [0.3, 0.4) is 0 Å². The summed E-state index contributed by atoms with van der Waals surface area (Å²) in [4.78, 5) is 31.0. The number of carbonyl (C=O) groups excluding carboxylic acids is 1. The van der Waals surface area contributed by atoms with Crippen LogP contribution in [-0.4, -0.2) is 40.2 Å². The third-order valence-electron chi connectivity index (χ3n) is 3.03. The molecule has 1 heterocycles. The van der Waals surface area contributed by atoms with Crippen LogP contribution >= 0.6 is 0 Å². The minimum Gasteiger partial charge on any atom is -0.481 e. The minimum absolute atomic E-state index is 0.0534. The van der Waals surface area contributed by atoms with Crippen molar-refractivity contribution in [1.82, 2.24) is 15.3 Å². The lowest BCUT2D eigenvalue weighted by atomic mass is 10.00. The molecule has 0 spiro atoms. The summed E-state index contributed by atoms with van der Waals surface area (Å²) in [5, 5.41) is 13.9. The van der Waals surface area contributed by atoms with Gasteiger partial charge in [-0.05, 0) is 12.8 Å². The summed E-state index contributed by atoms with van der Waals surface area (Å²) in [6.45, 7) is 5.34. The largest absolute Gasteiger partial charge is 0.481 e. The number of hydrogen-bond acceptors (Lipinski definition) is 5. The number of nitrogens with zero attached hydrogens (tertiary/aromatic N) is 2. The molecule has 2 amide bonds. The molecule has 2 unspecified atom stereocenters. The van der Waals surface area contributed by atoms with Crippen molar-refractivity contribution in [3.63, 3.8) is 0 Å². The van der Waals surface area contributed by atoms with Crippen LogP contribution in [0, 0.1) is 12.8 Å². The number of methoxy groups -OCH3 is 1. The van der Waals surface area contributed by atoms with Crippen molar-refractivity contribution in [2.45, 2.75) is 33.2 Å². The molecular weight excluding hydrogens is 276 g/mol. The third kappa shape index (κ3) is 4.90. The SMILES string of the molecule is CCC(C)C(NC(=O)Nc1nc(C)cc(OC)n1)C(=O)O. The number of carboxylic acids is 1. The molecule has 8 heteroatoms. The van der Waals surface area contributed by atoms with E-state index in [1.54, 1.807) is 19.9 Å². The molecule has 0 radical (unpaired) electrons. The van der Waals surface area contributed by atoms with Gasteiger partial charge in [-0.3, -0.25) is 5.32 Å². The molecular formula is C13H20N4O4. The Morgan fingerprint density at radius 2 is 2.10 bits per heavy atom. The van der Waals surface area contributed by atoms with Gasteiger partial charge in [-0.15, -0.1) is 0 Å². The van der Waals surface area contributed by atoms with Crippen molar-refractivity contribution < 1.29 is 19.4 Å². The number of aryl methyl sites for hydroxylation is 1. The van der Waals surface area contributed by atoms with E-state index >= 15 is 0 Å². The number of carbonyl (C=O) groups is 2. The highest BCUT2D eigenvalue weighted by atomic mass is 16.5. The Morgan fingerprint density at radius 3 is 2.62 bits per heavy atom. The van der Waals surface area contributed by atoms with Crippen LogP contribution in [0.1, 0.15) is 26.0 Å². The molecule has 1 aromatic heterocycles. The van der Waals surface area contributed by atoms with Gasteiger partial charge in [0.2, 0.25) is 11.8 Å². The number of amides is 2. The summed E-state index contributed by atoms with van der Waals surface area (Å²) in [7, 11) is 1.45. The van der Waals surface area contributed by atoms with E-state index in [4.69, 9.17) is 9.84 Å². The van der Waals surface area contributed by atoms with Crippen LogP contribution in [0.4, 0.5) is 10.7 Å². The topological polar surface area (TPSA) is 113 Å². The average molecular weight is 296 g/mol. The van der Waals surface area contributed by atoms with E-state index in [0.29, 0.717) is 18.0 Å². The predicted molar refractivity (Wildman–Crippen MR) is 76.4 cm³/mol. The van der Waals surface area contributed by atoms with Crippen molar-refractivity contribution in [1.29, 1.82) is 0 Å². The number of nitrogens with one attached hydrogen (secondary N) is 2. The average Bonchev–Trinajstić information content (AvgIpc) is 2.42. The highest BCUT2D eigenvalue weighted by molar-refractivity contribution is 5.90. The van der Waals surface area contributed by atoms with Gasteiger partial charge in [-0.1, -0.05) is 20.3 Å². The highest BCUT2D eigenvalue weighted by Gasteiger charge is 2.25. The van der Waals surface area contributed by atoms with Crippen molar-refractivity contribution in [3.8, 4) is 5.88 Å². The Labute approximate surface area is 122 Å². The second kappa shape index (κ2) is 7.41. The van der Waals surface area contributed by atoms with Crippen molar-refractivity contribution >= 4 is 17.9 Å². The predicted octanol–water partition coefficient (Wildman–Crippen LogP) is 1.41. The molecule has 0 aliphatic heterocycles. The summed E-state index contributed by atoms with van der Waals surface area (Å²) in [6.07, 6.45) is 0.631. The molecule has 0 aromatic carbocycles. The van der Waals surface area contributed by atoms with Crippen LogP contribution in [0.25, 0.3) is 0 Å². The molecule has 21 heavy (non-hydrogen) atoms. The lowest BCUT2D eigenvalue weighted by Gasteiger charge is -2.20. The number of aromatic nitrogens is 2. The smallest absolute Gasteiger partial charge is 0.326 e. The number of hydrogen-bond donors (Lipinski definition) is 3. The highest BCUT2D eigenvalue weighted by Crippen LogP contribution is 2.12. The number of rotatable bonds is 6. The van der Waals surface area contributed by atoms with Gasteiger partial charge in [0.15, 0.2) is 0 Å². The van der Waals surface area contributed by atoms with Crippen LogP contribution in [0.2, 0.25) is 0 Å². The van der Waals surface area contributed by atoms with E-state index in [0.717, 1.165) is 0 Å². The van der Waals surface area contributed by atoms with Gasteiger partial charge in [-0.25, -0.2) is 14.6 Å². The Bertz CT molecular complexity index is 521. The van der Waals surface area contributed by atoms with Crippen LogP contribution in [0.15, 0.2) is 6.07 Å². The van der Waals surface area contributed by atoms with Gasteiger partial charge in [-0.2, -0.15) is 4.98 Å². The molecule has 0 saturated carbocycles. The maximum Gasteiger partial charge on any atom is 0.326 e. The van der Waals surface area contributed by atoms with Crippen LogP contribution < -0.4 is 15.4 Å². The maximum atomic E-state index is 11.9. The first-order chi connectivity index (χ1) is 9.87. The molecule has 116 valence electrons. The Kier molecular flexibility index (Phi) is 5.89. The molecule has 0 aliphatic carbocycles. The number of carboxylic acid groups (broad SMARTS) is 1. The molecule has 2 atom stereocenters. The molecule has 1 rings (SSSR count). The lowest BCUT2D eigenvalue weighted by Crippen LogP contribution is -2.46. The fourth-order valence-corrected chi connectivity index (χ4v) is 1.66. The third-order valence-corrected chi connectivity index (χ3v) is 3.03. The summed E-state index contributed by atoms with van der Waals surface area (Å²) < 4.78 is 4.98. The number of ether oxygens (including phenoxy) is 1. The normalized spacial score (nSPS) is 13.1.